The molecule has 1 saturated heterocycles. The van der Waals surface area contributed by atoms with Crippen molar-refractivity contribution >= 4 is 56.8 Å². The number of aryl methyl sites for hydroxylation is 2. The maximum atomic E-state index is 9.80. The third kappa shape index (κ3) is 13.4. The minimum Gasteiger partial charge on any atom is -0.506 e. The summed E-state index contributed by atoms with van der Waals surface area (Å²) >= 11 is 0. The van der Waals surface area contributed by atoms with E-state index in [-0.39, 0.29) is 5.75 Å². The van der Waals surface area contributed by atoms with Gasteiger partial charge in [0.05, 0.1) is 29.8 Å². The second kappa shape index (κ2) is 20.7. The Kier molecular flexibility index (Phi) is 16.7. The molecule has 20 heteroatoms. The second-order valence-electron chi connectivity index (χ2n) is 18.8. The van der Waals surface area contributed by atoms with E-state index in [1.165, 1.54) is 6.20 Å². The predicted molar refractivity (Wildman–Crippen MR) is 248 cm³/mol. The predicted octanol–water partition coefficient (Wildman–Crippen LogP) is 7.61. The fraction of sp³-hybridized carbons (Fsp3) is 0.500. The zero-order valence-electron chi connectivity index (χ0n) is 38.5. The summed E-state index contributed by atoms with van der Waals surface area (Å²) in [7, 11) is 1.14. The number of hydrogen-bond donors (Lipinski definition) is 4. The van der Waals surface area contributed by atoms with E-state index in [0.29, 0.717) is 13.5 Å². The van der Waals surface area contributed by atoms with Gasteiger partial charge in [-0.25, -0.2) is 9.97 Å². The summed E-state index contributed by atoms with van der Waals surface area (Å²) in [6.45, 7) is 25.9. The molecule has 0 spiro atoms. The molecule has 1 aliphatic heterocycles. The third-order valence-corrected chi connectivity index (χ3v) is 13.9. The van der Waals surface area contributed by atoms with Gasteiger partial charge >= 0.3 is 7.12 Å². The van der Waals surface area contributed by atoms with Crippen LogP contribution >= 0.6 is 0 Å². The van der Waals surface area contributed by atoms with Crippen LogP contribution < -0.4 is 5.46 Å². The summed E-state index contributed by atoms with van der Waals surface area (Å²) in [5.74, 6) is -0.676. The molecule has 7 heterocycles. The van der Waals surface area contributed by atoms with Crippen LogP contribution in [0, 0.1) is 0 Å². The molecule has 62 heavy (non-hydrogen) atoms. The lowest BCUT2D eigenvalue weighted by Gasteiger charge is -2.32. The second-order valence-corrected chi connectivity index (χ2v) is 30.1. The topological polar surface area (TPSA) is 206 Å². The minimum atomic E-state index is -1.13. The number of hydrogen-bond acceptors (Lipinski definition) is 12. The van der Waals surface area contributed by atoms with Crippen molar-refractivity contribution in [2.45, 2.75) is 111 Å². The van der Waals surface area contributed by atoms with E-state index in [1.807, 2.05) is 60.5 Å². The van der Waals surface area contributed by atoms with E-state index in [1.54, 1.807) is 10.7 Å². The molecule has 4 N–H and O–H groups in total. The van der Waals surface area contributed by atoms with Crippen molar-refractivity contribution < 1.29 is 44.3 Å². The van der Waals surface area contributed by atoms with E-state index in [2.05, 4.69) is 99.0 Å². The number of aromatic hydroxyl groups is 1. The summed E-state index contributed by atoms with van der Waals surface area (Å²) in [6, 6.07) is 6.14. The molecular formula is C42H65BN8O9Si2. The summed E-state index contributed by atoms with van der Waals surface area (Å²) in [6.07, 6.45) is 15.1. The average molecular weight is 893 g/mol. The minimum absolute atomic E-state index is 0.157. The van der Waals surface area contributed by atoms with E-state index < -0.39 is 40.4 Å². The van der Waals surface area contributed by atoms with Gasteiger partial charge in [0, 0.05) is 120 Å². The summed E-state index contributed by atoms with van der Waals surface area (Å²) in [5, 5.41) is 39.7. The molecule has 6 aromatic heterocycles. The van der Waals surface area contributed by atoms with Crippen molar-refractivity contribution in [3.63, 3.8) is 0 Å². The normalized spacial score (nSPS) is 14.5. The number of aliphatic carboxylic acids is 1. The SMILES string of the molecule is CC(=O)O.Cn1cc(-c2cn(COCC[Si](C)(C)C)c3ncc(B4OC(C)(C)C(C)(C)O4)cc23)cn1.Cn1cc(-c2cn(COCC[Si](C)(C)C)c3ncc(O)cc23)cn1.OO. The standard InChI is InChI=1S/C23H35BN4O3Si.C17H24N4O2Si.C2H4O2.H2O2/c1-22(2)23(3,4)31-24(30-22)18-11-19-20(17-12-26-27(5)14-17)15-28(21(19)25-13-18)16-29-9-10-32(6,7)8;1-20-10-13(8-19-20)16-11-21(12-23-5-6-24(2,3)4)17-15(16)7-14(22)9-18-17;1-2(3)4;1-2/h11-15H,9-10,16H2,1-8H3;7-11,22H,5-6,12H2,1-4H3;1H3,(H,3,4);1-2H. The Balaban J connectivity index is 0.000000250. The molecule has 1 aliphatic rings. The van der Waals surface area contributed by atoms with Gasteiger partial charge in [-0.3, -0.25) is 24.7 Å². The number of rotatable bonds is 13. The molecule has 0 aliphatic carbocycles. The first kappa shape index (κ1) is 50.0. The molecule has 6 aromatic rings. The fourth-order valence-corrected chi connectivity index (χ4v) is 7.83. The Morgan fingerprint density at radius 3 is 1.50 bits per heavy atom. The molecule has 338 valence electrons. The van der Waals surface area contributed by atoms with E-state index >= 15 is 0 Å². The van der Waals surface area contributed by atoms with E-state index in [9.17, 15) is 5.11 Å². The van der Waals surface area contributed by atoms with Crippen molar-refractivity contribution in [2.75, 3.05) is 13.2 Å². The summed E-state index contributed by atoms with van der Waals surface area (Å²) in [4.78, 5) is 18.2. The highest BCUT2D eigenvalue weighted by Crippen LogP contribution is 2.37. The molecule has 0 atom stereocenters. The van der Waals surface area contributed by atoms with Crippen LogP contribution in [0.3, 0.4) is 0 Å². The van der Waals surface area contributed by atoms with Crippen molar-refractivity contribution in [1.82, 2.24) is 38.7 Å². The van der Waals surface area contributed by atoms with Gasteiger partial charge < -0.3 is 38.1 Å². The van der Waals surface area contributed by atoms with Crippen molar-refractivity contribution in [3.05, 3.63) is 61.7 Å². The number of pyridine rings is 2. The monoisotopic (exact) mass is 892 g/mol. The molecule has 0 radical (unpaired) electrons. The van der Waals surface area contributed by atoms with E-state index in [4.69, 9.17) is 44.2 Å². The zero-order chi connectivity index (χ0) is 46.2. The Morgan fingerprint density at radius 1 is 0.710 bits per heavy atom. The third-order valence-electron chi connectivity index (χ3n) is 10.4. The van der Waals surface area contributed by atoms with Crippen LogP contribution in [0.1, 0.15) is 34.6 Å². The van der Waals surface area contributed by atoms with Gasteiger partial charge in [-0.05, 0) is 51.9 Å². The molecule has 0 bridgehead atoms. The van der Waals surface area contributed by atoms with Crippen molar-refractivity contribution in [1.29, 1.82) is 0 Å². The fourth-order valence-electron chi connectivity index (χ4n) is 6.32. The van der Waals surface area contributed by atoms with Crippen LogP contribution in [0.25, 0.3) is 44.3 Å². The highest BCUT2D eigenvalue weighted by molar-refractivity contribution is 6.76. The van der Waals surface area contributed by atoms with Crippen LogP contribution in [0.5, 0.6) is 5.75 Å². The average Bonchev–Trinajstić information content (AvgIpc) is 3.99. The van der Waals surface area contributed by atoms with Crippen molar-refractivity contribution in [2.24, 2.45) is 14.1 Å². The molecular weight excluding hydrogens is 827 g/mol. The van der Waals surface area contributed by atoms with Gasteiger partial charge in [-0.2, -0.15) is 10.2 Å². The molecule has 0 unspecified atom stereocenters. The molecule has 1 fully saturated rings. The number of nitrogens with zero attached hydrogens (tertiary/aromatic N) is 8. The lowest BCUT2D eigenvalue weighted by molar-refractivity contribution is -0.176. The zero-order valence-corrected chi connectivity index (χ0v) is 40.5. The first-order chi connectivity index (χ1) is 28.9. The van der Waals surface area contributed by atoms with Crippen LogP contribution in [-0.4, -0.2) is 113 Å². The van der Waals surface area contributed by atoms with E-state index in [0.717, 1.165) is 82.0 Å². The maximum absolute atomic E-state index is 9.80. The molecule has 17 nitrogen and oxygen atoms in total. The number of fused-ring (bicyclic) bond motifs is 2. The maximum Gasteiger partial charge on any atom is 0.496 e. The first-order valence-electron chi connectivity index (χ1n) is 20.5. The number of carboxylic acids is 1. The largest absolute Gasteiger partial charge is 0.506 e. The van der Waals surface area contributed by atoms with Crippen LogP contribution in [0.4, 0.5) is 0 Å². The number of carbonyl (C=O) groups is 1. The van der Waals surface area contributed by atoms with Gasteiger partial charge in [0.25, 0.3) is 5.97 Å². The quantitative estimate of drug-likeness (QED) is 0.0382. The molecule has 7 rings (SSSR count). The van der Waals surface area contributed by atoms with Crippen LogP contribution in [-0.2, 0) is 51.1 Å². The molecule has 0 amide bonds. The van der Waals surface area contributed by atoms with Crippen LogP contribution in [0.2, 0.25) is 51.4 Å². The highest BCUT2D eigenvalue weighted by atomic mass is 28.3. The molecule has 0 saturated carbocycles. The molecule has 0 aromatic carbocycles. The number of ether oxygens (including phenoxy) is 2. The van der Waals surface area contributed by atoms with Crippen molar-refractivity contribution in [3.8, 4) is 28.0 Å². The highest BCUT2D eigenvalue weighted by Gasteiger charge is 2.52. The first-order valence-corrected chi connectivity index (χ1v) is 27.9. The number of carboxylic acid groups (broad SMARTS) is 1. The van der Waals surface area contributed by atoms with Gasteiger partial charge in [-0.15, -0.1) is 0 Å². The lowest BCUT2D eigenvalue weighted by Crippen LogP contribution is -2.41. The number of aromatic nitrogens is 8. The van der Waals surface area contributed by atoms with Gasteiger partial charge in [-0.1, -0.05) is 39.3 Å². The van der Waals surface area contributed by atoms with Crippen LogP contribution in [0.15, 0.2) is 61.7 Å². The Bertz CT molecular complexity index is 2380. The Morgan fingerprint density at radius 2 is 1.11 bits per heavy atom. The van der Waals surface area contributed by atoms with Gasteiger partial charge in [0.1, 0.15) is 30.5 Å². The Labute approximate surface area is 366 Å². The van der Waals surface area contributed by atoms with Gasteiger partial charge in [0.15, 0.2) is 0 Å². The smallest absolute Gasteiger partial charge is 0.496 e. The summed E-state index contributed by atoms with van der Waals surface area (Å²) < 4.78 is 32.1. The lowest BCUT2D eigenvalue weighted by atomic mass is 9.80. The Hall–Kier alpha value is -4.67. The summed E-state index contributed by atoms with van der Waals surface area (Å²) in [5.41, 5.74) is 5.93. The van der Waals surface area contributed by atoms with Gasteiger partial charge in [0.2, 0.25) is 0 Å².